The number of hydrogen-bond acceptors (Lipinski definition) is 6. The van der Waals surface area contributed by atoms with E-state index in [0.29, 0.717) is 6.07 Å². The van der Waals surface area contributed by atoms with E-state index >= 15 is 0 Å². The fourth-order valence-corrected chi connectivity index (χ4v) is 3.48. The second-order valence-corrected chi connectivity index (χ2v) is 7.83. The number of halogens is 7. The Hall–Kier alpha value is -4.96. The lowest BCUT2D eigenvalue weighted by Crippen LogP contribution is -2.33. The van der Waals surface area contributed by atoms with Gasteiger partial charge in [-0.2, -0.15) is 31.4 Å². The summed E-state index contributed by atoms with van der Waals surface area (Å²) in [5.74, 6) is -2.83. The molecule has 0 atom stereocenters. The van der Waals surface area contributed by atoms with Crippen LogP contribution in [0.15, 0.2) is 48.9 Å². The molecule has 4 rings (SSSR count). The Balaban J connectivity index is 1.62. The van der Waals surface area contributed by atoms with Crippen molar-refractivity contribution in [3.8, 4) is 11.1 Å². The molecule has 0 saturated carbocycles. The van der Waals surface area contributed by atoms with Crippen LogP contribution in [0.2, 0.25) is 0 Å². The van der Waals surface area contributed by atoms with Gasteiger partial charge in [0, 0.05) is 11.8 Å². The molecule has 0 fully saturated rings. The molecule has 1 aromatic carbocycles. The van der Waals surface area contributed by atoms with Gasteiger partial charge in [0.2, 0.25) is 0 Å². The maximum absolute atomic E-state index is 15.0. The highest BCUT2D eigenvalue weighted by molar-refractivity contribution is 6.07. The zero-order chi connectivity index (χ0) is 28.5. The molecule has 3 aromatic heterocycles. The highest BCUT2D eigenvalue weighted by atomic mass is 19.4. The minimum absolute atomic E-state index is 0.00290. The Labute approximate surface area is 213 Å². The zero-order valence-corrected chi connectivity index (χ0v) is 19.2. The Morgan fingerprint density at radius 2 is 1.77 bits per heavy atom. The number of fused-ring (bicyclic) bond motifs is 1. The molecule has 10 nitrogen and oxygen atoms in total. The Bertz CT molecular complexity index is 1570. The number of rotatable bonds is 5. The van der Waals surface area contributed by atoms with Crippen molar-refractivity contribution in [3.63, 3.8) is 0 Å². The van der Waals surface area contributed by atoms with Crippen molar-refractivity contribution in [2.24, 2.45) is 0 Å². The van der Waals surface area contributed by atoms with Crippen molar-refractivity contribution in [2.45, 2.75) is 12.4 Å². The topological polar surface area (TPSA) is 139 Å². The van der Waals surface area contributed by atoms with Crippen molar-refractivity contribution in [1.82, 2.24) is 24.9 Å². The lowest BCUT2D eigenvalue weighted by Gasteiger charge is -2.12. The first-order chi connectivity index (χ1) is 18.2. The van der Waals surface area contributed by atoms with E-state index in [1.807, 2.05) is 5.32 Å². The summed E-state index contributed by atoms with van der Waals surface area (Å²) >= 11 is 0. The van der Waals surface area contributed by atoms with Crippen molar-refractivity contribution in [3.05, 3.63) is 66.0 Å². The number of carbonyl (C=O) groups excluding carboxylic acids is 2. The fourth-order valence-electron chi connectivity index (χ4n) is 3.48. The molecule has 4 aromatic rings. The smallest absolute Gasteiger partial charge is 0.382 e. The number of nitrogens with zero attached hydrogens (tertiary/aromatic N) is 4. The summed E-state index contributed by atoms with van der Waals surface area (Å²) in [4.78, 5) is 31.9. The van der Waals surface area contributed by atoms with Gasteiger partial charge in [0.25, 0.3) is 5.91 Å². The summed E-state index contributed by atoms with van der Waals surface area (Å²) in [5, 5.41) is 9.74. The SMILES string of the molecule is Nc1ncnn2cc(C(=O)NCC(F)(F)F)c(-c3ccc(NC(=O)Nc4cccc(C(F)(F)F)n4)c(F)c3)c12. The summed E-state index contributed by atoms with van der Waals surface area (Å²) < 4.78 is 92.4. The minimum Gasteiger partial charge on any atom is -0.382 e. The number of carbonyl (C=O) groups is 2. The Kier molecular flexibility index (Phi) is 6.99. The van der Waals surface area contributed by atoms with Crippen molar-refractivity contribution >= 4 is 34.8 Å². The van der Waals surface area contributed by atoms with E-state index in [1.165, 1.54) is 6.07 Å². The van der Waals surface area contributed by atoms with E-state index in [-0.39, 0.29) is 28.0 Å². The summed E-state index contributed by atoms with van der Waals surface area (Å²) in [6, 6.07) is 4.83. The van der Waals surface area contributed by atoms with Gasteiger partial charge in [-0.1, -0.05) is 12.1 Å². The third-order valence-corrected chi connectivity index (χ3v) is 5.08. The third-order valence-electron chi connectivity index (χ3n) is 5.08. The second-order valence-electron chi connectivity index (χ2n) is 7.83. The predicted molar refractivity (Wildman–Crippen MR) is 123 cm³/mol. The van der Waals surface area contributed by atoms with Gasteiger partial charge >= 0.3 is 18.4 Å². The van der Waals surface area contributed by atoms with Crippen LogP contribution in [0.25, 0.3) is 16.6 Å². The number of nitrogens with one attached hydrogen (secondary N) is 3. The van der Waals surface area contributed by atoms with Crippen LogP contribution in [0.3, 0.4) is 0 Å². The number of pyridine rings is 1. The lowest BCUT2D eigenvalue weighted by molar-refractivity contribution is -0.141. The minimum atomic E-state index is -4.75. The molecule has 3 heterocycles. The quantitative estimate of drug-likeness (QED) is 0.268. The van der Waals surface area contributed by atoms with E-state index in [9.17, 15) is 40.3 Å². The number of anilines is 3. The van der Waals surface area contributed by atoms with Crippen LogP contribution in [-0.2, 0) is 6.18 Å². The molecule has 39 heavy (non-hydrogen) atoms. The maximum atomic E-state index is 15.0. The average molecular weight is 556 g/mol. The van der Waals surface area contributed by atoms with Crippen LogP contribution >= 0.6 is 0 Å². The van der Waals surface area contributed by atoms with E-state index in [0.717, 1.165) is 41.3 Å². The second kappa shape index (κ2) is 10.1. The molecule has 3 amide bonds. The number of benzene rings is 1. The normalized spacial score (nSPS) is 11.9. The Morgan fingerprint density at radius 3 is 2.44 bits per heavy atom. The van der Waals surface area contributed by atoms with Crippen molar-refractivity contribution in [1.29, 1.82) is 0 Å². The molecule has 204 valence electrons. The molecular weight excluding hydrogens is 541 g/mol. The van der Waals surface area contributed by atoms with Crippen molar-refractivity contribution < 1.29 is 40.3 Å². The summed E-state index contributed by atoms with van der Waals surface area (Å²) in [7, 11) is 0. The molecule has 0 saturated heterocycles. The van der Waals surface area contributed by atoms with E-state index in [4.69, 9.17) is 5.73 Å². The van der Waals surface area contributed by atoms with Gasteiger partial charge in [0.05, 0.1) is 11.3 Å². The maximum Gasteiger partial charge on any atom is 0.433 e. The van der Waals surface area contributed by atoms with Crippen LogP contribution < -0.4 is 21.7 Å². The van der Waals surface area contributed by atoms with Crippen LogP contribution in [-0.4, -0.2) is 44.2 Å². The number of nitrogens with two attached hydrogens (primary N) is 1. The monoisotopic (exact) mass is 556 g/mol. The van der Waals surface area contributed by atoms with Gasteiger partial charge in [-0.15, -0.1) is 0 Å². The summed E-state index contributed by atoms with van der Waals surface area (Å²) in [6.07, 6.45) is -7.32. The standard InChI is InChI=1S/C22H15F7N8O2/c23-12-6-10(4-5-13(12)34-20(39)36-15-3-1-2-14(35-15)22(27,28)29)16-11(19(38)31-8-21(24,25)26)7-37-17(16)18(30)32-9-33-37/h1-7,9H,8H2,(H,31,38)(H2,30,32,33)(H2,34,35,36,39). The molecule has 5 N–H and O–H groups in total. The highest BCUT2D eigenvalue weighted by Crippen LogP contribution is 2.34. The zero-order valence-electron chi connectivity index (χ0n) is 19.2. The summed E-state index contributed by atoms with van der Waals surface area (Å²) in [6.45, 7) is -1.63. The number of alkyl halides is 6. The Morgan fingerprint density at radius 1 is 1.03 bits per heavy atom. The molecule has 0 spiro atoms. The van der Waals surface area contributed by atoms with Gasteiger partial charge in [0.15, 0.2) is 5.82 Å². The largest absolute Gasteiger partial charge is 0.433 e. The van der Waals surface area contributed by atoms with Gasteiger partial charge < -0.3 is 16.4 Å². The van der Waals surface area contributed by atoms with Gasteiger partial charge in [-0.05, 0) is 29.8 Å². The number of amides is 3. The van der Waals surface area contributed by atoms with Crippen LogP contribution in [0.1, 0.15) is 16.1 Å². The predicted octanol–water partition coefficient (Wildman–Crippen LogP) is 4.47. The number of nitrogen functional groups attached to an aromatic ring is 1. The van der Waals surface area contributed by atoms with Crippen LogP contribution in [0.4, 0.5) is 52.9 Å². The average Bonchev–Trinajstić information content (AvgIpc) is 3.24. The molecule has 0 aliphatic carbocycles. The first-order valence-corrected chi connectivity index (χ1v) is 10.6. The first kappa shape index (κ1) is 27.1. The van der Waals surface area contributed by atoms with Gasteiger partial charge in [-0.25, -0.2) is 23.7 Å². The lowest BCUT2D eigenvalue weighted by atomic mass is 10.0. The summed E-state index contributed by atoms with van der Waals surface area (Å²) in [5.41, 5.74) is 3.77. The van der Waals surface area contributed by atoms with E-state index in [1.54, 1.807) is 5.32 Å². The van der Waals surface area contributed by atoms with Crippen molar-refractivity contribution in [2.75, 3.05) is 22.9 Å². The van der Waals surface area contributed by atoms with E-state index in [2.05, 4.69) is 20.4 Å². The third kappa shape index (κ3) is 6.13. The molecule has 0 aliphatic rings. The number of urea groups is 1. The molecule has 0 bridgehead atoms. The fraction of sp³-hybridized carbons (Fsp3) is 0.136. The van der Waals surface area contributed by atoms with Crippen LogP contribution in [0.5, 0.6) is 0 Å². The molecular formula is C22H15F7N8O2. The molecule has 0 aliphatic heterocycles. The molecule has 0 radical (unpaired) electrons. The van der Waals surface area contributed by atoms with E-state index < -0.39 is 53.9 Å². The molecule has 17 heteroatoms. The van der Waals surface area contributed by atoms with Crippen LogP contribution in [0, 0.1) is 5.82 Å². The highest BCUT2D eigenvalue weighted by Gasteiger charge is 2.33. The number of aromatic nitrogens is 4. The molecule has 0 unspecified atom stereocenters. The first-order valence-electron chi connectivity index (χ1n) is 10.6. The van der Waals surface area contributed by atoms with Gasteiger partial charge in [-0.3, -0.25) is 10.1 Å². The van der Waals surface area contributed by atoms with Gasteiger partial charge in [0.1, 0.15) is 35.7 Å². The number of hydrogen-bond donors (Lipinski definition) is 4.